The van der Waals surface area contributed by atoms with Gasteiger partial charge in [-0.3, -0.25) is 0 Å². The summed E-state index contributed by atoms with van der Waals surface area (Å²) < 4.78 is 0. The molecule has 0 aliphatic rings. The molecule has 2 aromatic rings. The minimum absolute atomic E-state index is 0.596. The molecule has 0 spiro atoms. The summed E-state index contributed by atoms with van der Waals surface area (Å²) in [6, 6.07) is 0. The molecule has 2 aromatic heterocycles. The molecule has 0 bridgehead atoms. The van der Waals surface area contributed by atoms with Crippen LogP contribution in [0.25, 0.3) is 0 Å². The van der Waals surface area contributed by atoms with Gasteiger partial charge in [-0.25, -0.2) is 0 Å². The second-order valence-corrected chi connectivity index (χ2v) is 4.99. The fourth-order valence-corrected chi connectivity index (χ4v) is 2.60. The number of nitrogen functional groups attached to an aromatic ring is 2. The summed E-state index contributed by atoms with van der Waals surface area (Å²) in [7, 11) is 0. The first kappa shape index (κ1) is 11.9. The summed E-state index contributed by atoms with van der Waals surface area (Å²) in [4.78, 5) is 2.30. The molecule has 0 aliphatic heterocycles. The van der Waals surface area contributed by atoms with Gasteiger partial charge in [0.15, 0.2) is 0 Å². The maximum atomic E-state index is 5.46. The van der Waals surface area contributed by atoms with Gasteiger partial charge in [-0.15, -0.1) is 9.58 Å². The molecule has 17 heavy (non-hydrogen) atoms. The Labute approximate surface area is 104 Å². The quantitative estimate of drug-likeness (QED) is 0.358. The van der Waals surface area contributed by atoms with Gasteiger partial charge in [0.05, 0.1) is 0 Å². The normalized spacial score (nSPS) is 10.8. The SMILES string of the molecule is Nn1nnnc1SCCCSc1nnnn1N. The third-order valence-corrected chi connectivity index (χ3v) is 3.72. The van der Waals surface area contributed by atoms with E-state index in [-0.39, 0.29) is 0 Å². The first-order valence-electron chi connectivity index (χ1n) is 4.60. The van der Waals surface area contributed by atoms with Gasteiger partial charge in [-0.1, -0.05) is 33.7 Å². The molecular formula is C5H10N10S2. The Morgan fingerprint density at radius 2 is 1.35 bits per heavy atom. The smallest absolute Gasteiger partial charge is 0.230 e. The summed E-state index contributed by atoms with van der Waals surface area (Å²) in [6.45, 7) is 0. The predicted octanol–water partition coefficient (Wildman–Crippen LogP) is -1.64. The minimum atomic E-state index is 0.596. The number of hydrogen-bond donors (Lipinski definition) is 2. The molecular weight excluding hydrogens is 264 g/mol. The van der Waals surface area contributed by atoms with Crippen molar-refractivity contribution in [3.8, 4) is 0 Å². The zero-order valence-corrected chi connectivity index (χ0v) is 10.3. The second-order valence-electron chi connectivity index (χ2n) is 2.86. The Bertz CT molecular complexity index is 422. The lowest BCUT2D eigenvalue weighted by Crippen LogP contribution is -2.12. The molecule has 0 aromatic carbocycles. The number of nitrogens with two attached hydrogens (primary N) is 2. The van der Waals surface area contributed by atoms with Crippen molar-refractivity contribution in [2.45, 2.75) is 16.7 Å². The lowest BCUT2D eigenvalue weighted by atomic mass is 10.6. The van der Waals surface area contributed by atoms with Crippen LogP contribution in [0.2, 0.25) is 0 Å². The summed E-state index contributed by atoms with van der Waals surface area (Å²) >= 11 is 2.99. The number of rotatable bonds is 6. The maximum absolute atomic E-state index is 5.46. The molecule has 0 aliphatic carbocycles. The van der Waals surface area contributed by atoms with Crippen LogP contribution in [0.15, 0.2) is 10.3 Å². The largest absolute Gasteiger partial charge is 0.319 e. The van der Waals surface area contributed by atoms with Gasteiger partial charge in [0.1, 0.15) is 0 Å². The van der Waals surface area contributed by atoms with Gasteiger partial charge in [0, 0.05) is 11.5 Å². The van der Waals surface area contributed by atoms with E-state index in [2.05, 4.69) is 31.1 Å². The van der Waals surface area contributed by atoms with Crippen LogP contribution in [0.5, 0.6) is 0 Å². The first-order valence-corrected chi connectivity index (χ1v) is 6.57. The second kappa shape index (κ2) is 5.67. The van der Waals surface area contributed by atoms with Gasteiger partial charge in [0.25, 0.3) is 0 Å². The summed E-state index contributed by atoms with van der Waals surface area (Å²) in [5, 5.41) is 22.6. The van der Waals surface area contributed by atoms with Gasteiger partial charge in [-0.05, 0) is 27.3 Å². The van der Waals surface area contributed by atoms with Crippen LogP contribution in [0.3, 0.4) is 0 Å². The highest BCUT2D eigenvalue weighted by molar-refractivity contribution is 8.00. The molecule has 92 valence electrons. The number of tetrazole rings is 2. The molecule has 12 heteroatoms. The number of hydrogen-bond acceptors (Lipinski definition) is 10. The summed E-state index contributed by atoms with van der Waals surface area (Å²) in [6.07, 6.45) is 0.940. The number of aromatic nitrogens is 8. The monoisotopic (exact) mass is 274 g/mol. The van der Waals surface area contributed by atoms with Crippen LogP contribution in [0.1, 0.15) is 6.42 Å². The molecule has 4 N–H and O–H groups in total. The van der Waals surface area contributed by atoms with Crippen molar-refractivity contribution in [2.75, 3.05) is 23.2 Å². The van der Waals surface area contributed by atoms with Crippen LogP contribution in [0, 0.1) is 0 Å². The van der Waals surface area contributed by atoms with E-state index in [1.54, 1.807) is 0 Å². The van der Waals surface area contributed by atoms with Crippen LogP contribution in [0.4, 0.5) is 0 Å². The molecule has 0 amide bonds. The zero-order chi connectivity index (χ0) is 12.1. The van der Waals surface area contributed by atoms with E-state index in [0.717, 1.165) is 27.5 Å². The zero-order valence-electron chi connectivity index (χ0n) is 8.67. The molecule has 0 saturated heterocycles. The van der Waals surface area contributed by atoms with E-state index in [9.17, 15) is 0 Å². The molecule has 0 atom stereocenters. The highest BCUT2D eigenvalue weighted by Gasteiger charge is 2.05. The Morgan fingerprint density at radius 1 is 0.882 bits per heavy atom. The average Bonchev–Trinajstić information content (AvgIpc) is 2.89. The van der Waals surface area contributed by atoms with Gasteiger partial charge in [-0.2, -0.15) is 0 Å². The fraction of sp³-hybridized carbons (Fsp3) is 0.600. The summed E-state index contributed by atoms with van der Waals surface area (Å²) in [5.74, 6) is 12.6. The Morgan fingerprint density at radius 3 is 1.71 bits per heavy atom. The Hall–Kier alpha value is -1.56. The van der Waals surface area contributed by atoms with Crippen molar-refractivity contribution in [3.05, 3.63) is 0 Å². The number of nitrogens with zero attached hydrogens (tertiary/aromatic N) is 8. The van der Waals surface area contributed by atoms with Gasteiger partial charge >= 0.3 is 0 Å². The van der Waals surface area contributed by atoms with Crippen molar-refractivity contribution < 1.29 is 0 Å². The predicted molar refractivity (Wildman–Crippen MR) is 62.0 cm³/mol. The van der Waals surface area contributed by atoms with E-state index in [4.69, 9.17) is 11.7 Å². The van der Waals surface area contributed by atoms with Crippen LogP contribution in [-0.2, 0) is 0 Å². The van der Waals surface area contributed by atoms with Crippen molar-refractivity contribution in [2.24, 2.45) is 0 Å². The average molecular weight is 274 g/mol. The van der Waals surface area contributed by atoms with Crippen molar-refractivity contribution in [1.82, 2.24) is 40.6 Å². The lowest BCUT2D eigenvalue weighted by molar-refractivity contribution is 0.715. The standard InChI is InChI=1S/C5H10N10S2/c6-14-4(8-10-12-14)16-2-1-3-17-5-9-11-13-15(5)7/h1-3,6-7H2. The molecule has 0 fully saturated rings. The van der Waals surface area contributed by atoms with E-state index < -0.39 is 0 Å². The van der Waals surface area contributed by atoms with E-state index in [0.29, 0.717) is 10.3 Å². The number of thioether (sulfide) groups is 2. The van der Waals surface area contributed by atoms with Crippen molar-refractivity contribution >= 4 is 23.5 Å². The molecule has 0 saturated carbocycles. The first-order chi connectivity index (χ1) is 8.27. The maximum Gasteiger partial charge on any atom is 0.230 e. The third-order valence-electron chi connectivity index (χ3n) is 1.68. The highest BCUT2D eigenvalue weighted by atomic mass is 32.2. The van der Waals surface area contributed by atoms with Crippen molar-refractivity contribution in [3.63, 3.8) is 0 Å². The Kier molecular flexibility index (Phi) is 3.98. The molecule has 10 nitrogen and oxygen atoms in total. The Balaban J connectivity index is 1.64. The molecule has 0 radical (unpaired) electrons. The van der Waals surface area contributed by atoms with Gasteiger partial charge < -0.3 is 11.7 Å². The van der Waals surface area contributed by atoms with Gasteiger partial charge in [0.2, 0.25) is 10.3 Å². The topological polar surface area (TPSA) is 139 Å². The lowest BCUT2D eigenvalue weighted by Gasteiger charge is -1.99. The van der Waals surface area contributed by atoms with E-state index in [1.807, 2.05) is 0 Å². The highest BCUT2D eigenvalue weighted by Crippen LogP contribution is 2.17. The van der Waals surface area contributed by atoms with Crippen LogP contribution >= 0.6 is 23.5 Å². The summed E-state index contributed by atoms with van der Waals surface area (Å²) in [5.41, 5.74) is 0. The molecule has 2 heterocycles. The fourth-order valence-electron chi connectivity index (χ4n) is 0.947. The van der Waals surface area contributed by atoms with E-state index >= 15 is 0 Å². The van der Waals surface area contributed by atoms with E-state index in [1.165, 1.54) is 23.5 Å². The van der Waals surface area contributed by atoms with Crippen LogP contribution in [-0.4, -0.2) is 52.1 Å². The third kappa shape index (κ3) is 3.20. The minimum Gasteiger partial charge on any atom is -0.319 e. The van der Waals surface area contributed by atoms with Crippen molar-refractivity contribution in [1.29, 1.82) is 0 Å². The van der Waals surface area contributed by atoms with Crippen LogP contribution < -0.4 is 11.7 Å². The molecule has 0 unspecified atom stereocenters. The molecule has 2 rings (SSSR count).